The maximum absolute atomic E-state index is 14.1. The highest BCUT2D eigenvalue weighted by atomic mass is 16.5. The molecular formula is C31H37N3O5. The minimum absolute atomic E-state index is 0.0201. The first-order valence-corrected chi connectivity index (χ1v) is 14.1. The zero-order valence-electron chi connectivity index (χ0n) is 22.6. The van der Waals surface area contributed by atoms with Crippen LogP contribution in [0.15, 0.2) is 54.6 Å². The van der Waals surface area contributed by atoms with E-state index in [1.807, 2.05) is 55.5 Å². The molecule has 2 fully saturated rings. The molecule has 0 bridgehead atoms. The summed E-state index contributed by atoms with van der Waals surface area (Å²) in [5.41, 5.74) is 1.45. The lowest BCUT2D eigenvalue weighted by molar-refractivity contribution is -0.145. The second-order valence-electron chi connectivity index (χ2n) is 11.2. The largest absolute Gasteiger partial charge is 0.459 e. The van der Waals surface area contributed by atoms with Gasteiger partial charge < -0.3 is 4.74 Å². The first-order valence-electron chi connectivity index (χ1n) is 14.1. The van der Waals surface area contributed by atoms with E-state index in [0.29, 0.717) is 11.4 Å². The molecule has 2 saturated carbocycles. The molecule has 0 unspecified atom stereocenters. The standard InChI is InChI=1S/C31H37N3O5/c1-31(18-10-11-19-31)27(35)20-32-25-16-8-9-17-26(25)34(24-14-6-3-7-15-24)30(38)33(29(32)37)21-28(36)39-22-23-12-4-2-5-13-23/h2,4-5,8-9,12-13,16-17,24H,3,6-7,10-11,14-15,18-22H2,1H3. The number of carbonyl (C=O) groups excluding carboxylic acids is 4. The van der Waals surface area contributed by atoms with Gasteiger partial charge in [0.2, 0.25) is 0 Å². The fourth-order valence-corrected chi connectivity index (χ4v) is 6.12. The fraction of sp³-hybridized carbons (Fsp3) is 0.484. The molecule has 206 valence electrons. The molecule has 0 saturated heterocycles. The van der Waals surface area contributed by atoms with Crippen molar-refractivity contribution < 1.29 is 23.9 Å². The monoisotopic (exact) mass is 531 g/mol. The average Bonchev–Trinajstić information content (AvgIpc) is 3.39. The zero-order chi connectivity index (χ0) is 27.4. The predicted octanol–water partition coefficient (Wildman–Crippen LogP) is 6.08. The van der Waals surface area contributed by atoms with Crippen molar-refractivity contribution in [2.75, 3.05) is 22.9 Å². The lowest BCUT2D eigenvalue weighted by atomic mass is 9.83. The van der Waals surface area contributed by atoms with Crippen molar-refractivity contribution in [3.63, 3.8) is 0 Å². The van der Waals surface area contributed by atoms with Crippen molar-refractivity contribution in [2.24, 2.45) is 5.41 Å². The van der Waals surface area contributed by atoms with Gasteiger partial charge in [-0.25, -0.2) is 14.5 Å². The van der Waals surface area contributed by atoms with Crippen molar-refractivity contribution in [1.29, 1.82) is 0 Å². The number of fused-ring (bicyclic) bond motifs is 1. The van der Waals surface area contributed by atoms with Crippen molar-refractivity contribution in [2.45, 2.75) is 77.4 Å². The first-order chi connectivity index (χ1) is 18.9. The quantitative estimate of drug-likeness (QED) is 0.385. The minimum atomic E-state index is -0.677. The minimum Gasteiger partial charge on any atom is -0.459 e. The Kier molecular flexibility index (Phi) is 8.00. The van der Waals surface area contributed by atoms with Gasteiger partial charge in [-0.1, -0.05) is 81.5 Å². The van der Waals surface area contributed by atoms with E-state index >= 15 is 0 Å². The average molecular weight is 532 g/mol. The topological polar surface area (TPSA) is 87.2 Å². The van der Waals surface area contributed by atoms with Crippen LogP contribution in [-0.4, -0.2) is 47.8 Å². The van der Waals surface area contributed by atoms with E-state index in [4.69, 9.17) is 4.74 Å². The molecule has 2 aromatic rings. The highest BCUT2D eigenvalue weighted by Crippen LogP contribution is 2.41. The molecule has 5 rings (SSSR count). The highest BCUT2D eigenvalue weighted by molar-refractivity contribution is 6.16. The SMILES string of the molecule is CC1(C(=O)CN2C(=O)N(CC(=O)OCc3ccccc3)C(=O)N(C3CCCCC3)c3ccccc32)CCCC1. The number of para-hydroxylation sites is 2. The molecule has 4 amide bonds. The van der Waals surface area contributed by atoms with Crippen LogP contribution in [0.2, 0.25) is 0 Å². The van der Waals surface area contributed by atoms with Gasteiger partial charge in [0.1, 0.15) is 13.2 Å². The summed E-state index contributed by atoms with van der Waals surface area (Å²) < 4.78 is 5.45. The number of urea groups is 2. The molecule has 8 heteroatoms. The summed E-state index contributed by atoms with van der Waals surface area (Å²) in [6.45, 7) is 1.34. The van der Waals surface area contributed by atoms with E-state index < -0.39 is 30.0 Å². The number of nitrogens with zero attached hydrogens (tertiary/aromatic N) is 3. The second kappa shape index (κ2) is 11.6. The van der Waals surface area contributed by atoms with Gasteiger partial charge in [-0.2, -0.15) is 0 Å². The number of ether oxygens (including phenoxy) is 1. The number of benzene rings is 2. The van der Waals surface area contributed by atoms with Crippen molar-refractivity contribution in [3.8, 4) is 0 Å². The number of anilines is 2. The van der Waals surface area contributed by atoms with Crippen LogP contribution in [0.5, 0.6) is 0 Å². The van der Waals surface area contributed by atoms with Crippen LogP contribution in [0.4, 0.5) is 21.0 Å². The molecule has 0 spiro atoms. The second-order valence-corrected chi connectivity index (χ2v) is 11.2. The summed E-state index contributed by atoms with van der Waals surface area (Å²) >= 11 is 0. The molecule has 0 aromatic heterocycles. The highest BCUT2D eigenvalue weighted by Gasteiger charge is 2.44. The normalized spacial score (nSPS) is 19.6. The first kappa shape index (κ1) is 26.9. The van der Waals surface area contributed by atoms with Crippen LogP contribution in [0.25, 0.3) is 0 Å². The molecule has 39 heavy (non-hydrogen) atoms. The number of Topliss-reactive ketones (excluding diaryl/α,β-unsaturated/α-hetero) is 1. The molecular weight excluding hydrogens is 494 g/mol. The number of amides is 4. The Balaban J connectivity index is 1.47. The molecule has 0 atom stereocenters. The van der Waals surface area contributed by atoms with E-state index in [1.165, 1.54) is 4.90 Å². The number of ketones is 1. The van der Waals surface area contributed by atoms with Crippen LogP contribution in [0.1, 0.15) is 70.3 Å². The fourth-order valence-electron chi connectivity index (χ4n) is 6.12. The maximum atomic E-state index is 14.1. The van der Waals surface area contributed by atoms with E-state index in [0.717, 1.165) is 68.3 Å². The molecule has 1 aliphatic heterocycles. The number of hydrogen-bond acceptors (Lipinski definition) is 5. The van der Waals surface area contributed by atoms with E-state index in [1.54, 1.807) is 11.0 Å². The molecule has 0 N–H and O–H groups in total. The summed E-state index contributed by atoms with van der Waals surface area (Å²) in [7, 11) is 0. The van der Waals surface area contributed by atoms with E-state index in [9.17, 15) is 19.2 Å². The number of esters is 1. The third kappa shape index (κ3) is 5.70. The molecule has 2 aromatic carbocycles. The zero-order valence-corrected chi connectivity index (χ0v) is 22.6. The molecule has 0 radical (unpaired) electrons. The number of rotatable bonds is 8. The Morgan fingerprint density at radius 1 is 0.795 bits per heavy atom. The third-order valence-corrected chi connectivity index (χ3v) is 8.48. The van der Waals surface area contributed by atoms with Gasteiger partial charge in [0.05, 0.1) is 17.9 Å². The Morgan fingerprint density at radius 2 is 1.44 bits per heavy atom. The van der Waals surface area contributed by atoms with Crippen LogP contribution < -0.4 is 9.80 Å². The van der Waals surface area contributed by atoms with Crippen LogP contribution in [0, 0.1) is 5.41 Å². The van der Waals surface area contributed by atoms with E-state index in [-0.39, 0.29) is 25.0 Å². The third-order valence-electron chi connectivity index (χ3n) is 8.48. The van der Waals surface area contributed by atoms with Gasteiger partial charge in [-0.05, 0) is 43.4 Å². The summed E-state index contributed by atoms with van der Waals surface area (Å²) in [5, 5.41) is 0. The Bertz CT molecular complexity index is 1220. The molecule has 3 aliphatic rings. The molecule has 2 aliphatic carbocycles. The van der Waals surface area contributed by atoms with Crippen molar-refractivity contribution in [1.82, 2.24) is 4.90 Å². The van der Waals surface area contributed by atoms with Crippen LogP contribution in [-0.2, 0) is 20.9 Å². The Morgan fingerprint density at radius 3 is 2.13 bits per heavy atom. The summed E-state index contributed by atoms with van der Waals surface area (Å²) in [6.07, 6.45) is 8.27. The molecule has 1 heterocycles. The number of carbonyl (C=O) groups is 4. The Hall–Kier alpha value is -3.68. The van der Waals surface area contributed by atoms with Crippen molar-refractivity contribution in [3.05, 3.63) is 60.2 Å². The maximum Gasteiger partial charge on any atom is 0.333 e. The Labute approximate surface area is 229 Å². The van der Waals surface area contributed by atoms with Gasteiger partial charge >= 0.3 is 18.0 Å². The van der Waals surface area contributed by atoms with Gasteiger partial charge in [-0.15, -0.1) is 0 Å². The van der Waals surface area contributed by atoms with Crippen LogP contribution in [0.3, 0.4) is 0 Å². The lowest BCUT2D eigenvalue weighted by Crippen LogP contribution is -2.54. The van der Waals surface area contributed by atoms with Gasteiger partial charge in [0.25, 0.3) is 0 Å². The summed E-state index contributed by atoms with van der Waals surface area (Å²) in [4.78, 5) is 58.7. The van der Waals surface area contributed by atoms with Crippen molar-refractivity contribution >= 4 is 35.2 Å². The lowest BCUT2D eigenvalue weighted by Gasteiger charge is -2.35. The summed E-state index contributed by atoms with van der Waals surface area (Å²) in [6, 6.07) is 15.2. The number of hydrogen-bond donors (Lipinski definition) is 0. The van der Waals surface area contributed by atoms with Gasteiger partial charge in [-0.3, -0.25) is 19.4 Å². The number of imide groups is 1. The van der Waals surface area contributed by atoms with Gasteiger partial charge in [0, 0.05) is 11.5 Å². The van der Waals surface area contributed by atoms with E-state index in [2.05, 4.69) is 0 Å². The molecule has 8 nitrogen and oxygen atoms in total. The summed E-state index contributed by atoms with van der Waals surface area (Å²) in [5.74, 6) is -0.697. The van der Waals surface area contributed by atoms with Crippen LogP contribution >= 0.6 is 0 Å². The smallest absolute Gasteiger partial charge is 0.333 e. The predicted molar refractivity (Wildman–Crippen MR) is 148 cm³/mol. The van der Waals surface area contributed by atoms with Gasteiger partial charge in [0.15, 0.2) is 5.78 Å².